The highest BCUT2D eigenvalue weighted by atomic mass is 32.1. The summed E-state index contributed by atoms with van der Waals surface area (Å²) >= 11 is 1.65. The summed E-state index contributed by atoms with van der Waals surface area (Å²) in [4.78, 5) is 0. The van der Waals surface area contributed by atoms with Gasteiger partial charge in [0, 0.05) is 25.9 Å². The molecule has 0 fully saturated rings. The van der Waals surface area contributed by atoms with Crippen molar-refractivity contribution < 1.29 is 5.11 Å². The van der Waals surface area contributed by atoms with Crippen LogP contribution in [0.15, 0.2) is 36.4 Å². The Labute approximate surface area is 90.6 Å². The van der Waals surface area contributed by atoms with E-state index in [-0.39, 0.29) is 0 Å². The second-order valence-corrected chi connectivity index (χ2v) is 4.56. The largest absolute Gasteiger partial charge is 0.507 e. The minimum atomic E-state index is 0.302. The first kappa shape index (κ1) is 8.56. The van der Waals surface area contributed by atoms with Gasteiger partial charge in [0.1, 0.15) is 5.75 Å². The lowest BCUT2D eigenvalue weighted by Crippen LogP contribution is -1.83. The van der Waals surface area contributed by atoms with Gasteiger partial charge in [-0.2, -0.15) is 0 Å². The summed E-state index contributed by atoms with van der Waals surface area (Å²) in [6.45, 7) is 0. The number of benzene rings is 2. The van der Waals surface area contributed by atoms with Crippen LogP contribution in [0.3, 0.4) is 0 Å². The molecule has 1 heterocycles. The highest BCUT2D eigenvalue weighted by molar-refractivity contribution is 7.26. The Balaban J connectivity index is 2.67. The number of rotatable bonds is 0. The molecule has 2 aromatic carbocycles. The van der Waals surface area contributed by atoms with Crippen LogP contribution in [0.1, 0.15) is 0 Å². The van der Waals surface area contributed by atoms with E-state index in [9.17, 15) is 5.11 Å². The molecule has 0 bridgehead atoms. The number of thiophene rings is 1. The zero-order valence-electron chi connectivity index (χ0n) is 7.90. The predicted molar refractivity (Wildman–Crippen MR) is 65.4 cm³/mol. The summed E-state index contributed by atoms with van der Waals surface area (Å²) in [5, 5.41) is 11.7. The molecule has 3 aromatic rings. The molecule has 3 heteroatoms. The molecule has 0 amide bonds. The van der Waals surface area contributed by atoms with E-state index in [2.05, 4.69) is 0 Å². The molecule has 1 aromatic heterocycles. The third-order valence-corrected chi connectivity index (χ3v) is 3.65. The smallest absolute Gasteiger partial charge is 0.124 e. The van der Waals surface area contributed by atoms with Gasteiger partial charge in [0.15, 0.2) is 0 Å². The molecule has 15 heavy (non-hydrogen) atoms. The average Bonchev–Trinajstić information content (AvgIpc) is 2.58. The number of hydrogen-bond acceptors (Lipinski definition) is 3. The van der Waals surface area contributed by atoms with E-state index in [1.54, 1.807) is 17.4 Å². The van der Waals surface area contributed by atoms with Crippen molar-refractivity contribution in [1.29, 1.82) is 0 Å². The maximum atomic E-state index is 9.83. The van der Waals surface area contributed by atoms with E-state index in [0.29, 0.717) is 5.75 Å². The molecule has 2 nitrogen and oxygen atoms in total. The summed E-state index contributed by atoms with van der Waals surface area (Å²) < 4.78 is 2.19. The lowest BCUT2D eigenvalue weighted by molar-refractivity contribution is 0.482. The maximum absolute atomic E-state index is 9.83. The molecule has 0 aliphatic heterocycles. The summed E-state index contributed by atoms with van der Waals surface area (Å²) in [6, 6.07) is 11.4. The monoisotopic (exact) mass is 215 g/mol. The Bertz CT molecular complexity index is 601. The fourth-order valence-corrected chi connectivity index (χ4v) is 3.04. The SMILES string of the molecule is Nc1cccc2sc3cccc(O)c3c12. The van der Waals surface area contributed by atoms with Crippen molar-refractivity contribution >= 4 is 37.2 Å². The molecule has 0 atom stereocenters. The first-order valence-electron chi connectivity index (χ1n) is 4.66. The Morgan fingerprint density at radius 1 is 0.933 bits per heavy atom. The van der Waals surface area contributed by atoms with Gasteiger partial charge in [-0.05, 0) is 24.3 Å². The third kappa shape index (κ3) is 1.10. The van der Waals surface area contributed by atoms with Gasteiger partial charge in [-0.1, -0.05) is 12.1 Å². The molecule has 0 spiro atoms. The van der Waals surface area contributed by atoms with Gasteiger partial charge in [-0.3, -0.25) is 0 Å². The van der Waals surface area contributed by atoms with Gasteiger partial charge in [-0.15, -0.1) is 11.3 Å². The standard InChI is InChI=1S/C12H9NOS/c13-7-3-1-5-9-11(7)12-8(14)4-2-6-10(12)15-9/h1-6,14H,13H2. The molecule has 74 valence electrons. The van der Waals surface area contributed by atoms with Crippen LogP contribution in [0.4, 0.5) is 5.69 Å². The molecule has 0 saturated heterocycles. The minimum Gasteiger partial charge on any atom is -0.507 e. The van der Waals surface area contributed by atoms with Crippen molar-refractivity contribution in [2.24, 2.45) is 0 Å². The Morgan fingerprint density at radius 3 is 2.40 bits per heavy atom. The number of nitrogen functional groups attached to an aromatic ring is 1. The first-order valence-corrected chi connectivity index (χ1v) is 5.48. The molecule has 0 saturated carbocycles. The zero-order valence-corrected chi connectivity index (χ0v) is 8.71. The minimum absolute atomic E-state index is 0.302. The molecule has 0 radical (unpaired) electrons. The summed E-state index contributed by atoms with van der Waals surface area (Å²) in [5.74, 6) is 0.302. The van der Waals surface area contributed by atoms with Crippen LogP contribution in [0, 0.1) is 0 Å². The Hall–Kier alpha value is -1.74. The quantitative estimate of drug-likeness (QED) is 0.565. The molecule has 3 rings (SSSR count). The van der Waals surface area contributed by atoms with Crippen LogP contribution in [0.25, 0.3) is 20.2 Å². The normalized spacial score (nSPS) is 11.2. The summed E-state index contributed by atoms with van der Waals surface area (Å²) in [7, 11) is 0. The number of fused-ring (bicyclic) bond motifs is 3. The van der Waals surface area contributed by atoms with E-state index in [1.807, 2.05) is 30.3 Å². The van der Waals surface area contributed by atoms with Crippen molar-refractivity contribution in [3.05, 3.63) is 36.4 Å². The summed E-state index contributed by atoms with van der Waals surface area (Å²) in [5.41, 5.74) is 6.65. The number of hydrogen-bond donors (Lipinski definition) is 2. The number of nitrogens with two attached hydrogens (primary N) is 1. The molecular formula is C12H9NOS. The first-order chi connectivity index (χ1) is 7.27. The van der Waals surface area contributed by atoms with Crippen LogP contribution in [0.5, 0.6) is 5.75 Å². The Kier molecular flexibility index (Phi) is 1.64. The van der Waals surface area contributed by atoms with E-state index in [1.165, 1.54) is 0 Å². The van der Waals surface area contributed by atoms with Gasteiger partial charge < -0.3 is 10.8 Å². The van der Waals surface area contributed by atoms with Crippen LogP contribution in [0.2, 0.25) is 0 Å². The van der Waals surface area contributed by atoms with Crippen molar-refractivity contribution in [2.75, 3.05) is 5.73 Å². The van der Waals surface area contributed by atoms with Crippen molar-refractivity contribution in [2.45, 2.75) is 0 Å². The topological polar surface area (TPSA) is 46.2 Å². The highest BCUT2D eigenvalue weighted by Crippen LogP contribution is 2.41. The summed E-state index contributed by atoms with van der Waals surface area (Å²) in [6.07, 6.45) is 0. The van der Waals surface area contributed by atoms with Crippen molar-refractivity contribution in [3.63, 3.8) is 0 Å². The van der Waals surface area contributed by atoms with Crippen molar-refractivity contribution in [1.82, 2.24) is 0 Å². The van der Waals surface area contributed by atoms with E-state index < -0.39 is 0 Å². The fourth-order valence-electron chi connectivity index (χ4n) is 1.88. The second kappa shape index (κ2) is 2.87. The predicted octanol–water partition coefficient (Wildman–Crippen LogP) is 3.34. The fraction of sp³-hybridized carbons (Fsp3) is 0. The third-order valence-electron chi connectivity index (χ3n) is 2.53. The molecule has 0 aliphatic rings. The van der Waals surface area contributed by atoms with E-state index >= 15 is 0 Å². The van der Waals surface area contributed by atoms with E-state index in [0.717, 1.165) is 25.9 Å². The van der Waals surface area contributed by atoms with Crippen LogP contribution >= 0.6 is 11.3 Å². The van der Waals surface area contributed by atoms with Gasteiger partial charge >= 0.3 is 0 Å². The van der Waals surface area contributed by atoms with Gasteiger partial charge in [-0.25, -0.2) is 0 Å². The van der Waals surface area contributed by atoms with Crippen LogP contribution in [-0.4, -0.2) is 5.11 Å². The number of phenolic OH excluding ortho intramolecular Hbond substituents is 1. The van der Waals surface area contributed by atoms with Gasteiger partial charge in [0.2, 0.25) is 0 Å². The molecule has 0 unspecified atom stereocenters. The maximum Gasteiger partial charge on any atom is 0.124 e. The molecule has 3 N–H and O–H groups in total. The van der Waals surface area contributed by atoms with Crippen LogP contribution in [-0.2, 0) is 0 Å². The second-order valence-electron chi connectivity index (χ2n) is 3.47. The van der Waals surface area contributed by atoms with Gasteiger partial charge in [0.05, 0.1) is 0 Å². The Morgan fingerprint density at radius 2 is 1.60 bits per heavy atom. The lowest BCUT2D eigenvalue weighted by Gasteiger charge is -1.98. The number of anilines is 1. The molecular weight excluding hydrogens is 206 g/mol. The lowest BCUT2D eigenvalue weighted by atomic mass is 10.1. The number of aromatic hydroxyl groups is 1. The zero-order chi connectivity index (χ0) is 10.4. The van der Waals surface area contributed by atoms with Crippen LogP contribution < -0.4 is 5.73 Å². The highest BCUT2D eigenvalue weighted by Gasteiger charge is 2.10. The van der Waals surface area contributed by atoms with E-state index in [4.69, 9.17) is 5.73 Å². The van der Waals surface area contributed by atoms with Crippen molar-refractivity contribution in [3.8, 4) is 5.75 Å². The number of phenols is 1. The van der Waals surface area contributed by atoms with Gasteiger partial charge in [0.25, 0.3) is 0 Å². The average molecular weight is 215 g/mol. The molecule has 0 aliphatic carbocycles.